The fourth-order valence-electron chi connectivity index (χ4n) is 3.10. The Kier molecular flexibility index (Phi) is 26.5. The summed E-state index contributed by atoms with van der Waals surface area (Å²) >= 11 is 0. The normalized spacial score (nSPS) is 11.0. The molecular weight excluding hydrogens is 568 g/mol. The lowest BCUT2D eigenvalue weighted by Gasteiger charge is -2.09. The maximum Gasteiger partial charge on any atom is 0.379 e. The molecule has 13 heteroatoms. The molecule has 0 aliphatic heterocycles. The van der Waals surface area contributed by atoms with E-state index >= 15 is 0 Å². The summed E-state index contributed by atoms with van der Waals surface area (Å²) in [5.74, 6) is -1.77. The monoisotopic (exact) mass is 616 g/mol. The van der Waals surface area contributed by atoms with Crippen LogP contribution in [0.25, 0.3) is 0 Å². The molecule has 0 aromatic heterocycles. The third kappa shape index (κ3) is 24.6. The van der Waals surface area contributed by atoms with Crippen LogP contribution < -0.4 is 0 Å². The summed E-state index contributed by atoms with van der Waals surface area (Å²) in [6.07, 6.45) is 1.21. The van der Waals surface area contributed by atoms with Crippen LogP contribution in [0.15, 0.2) is 30.3 Å². The van der Waals surface area contributed by atoms with Gasteiger partial charge in [-0.15, -0.1) is 0 Å². The van der Waals surface area contributed by atoms with E-state index in [9.17, 15) is 14.4 Å². The quantitative estimate of drug-likeness (QED) is 0.0519. The van der Waals surface area contributed by atoms with Crippen LogP contribution in [0.1, 0.15) is 30.1 Å². The molecule has 0 saturated heterocycles. The van der Waals surface area contributed by atoms with Gasteiger partial charge in [0.2, 0.25) is 0 Å². The Morgan fingerprint density at radius 2 is 0.791 bits per heavy atom. The van der Waals surface area contributed by atoms with Crippen molar-refractivity contribution in [3.05, 3.63) is 35.9 Å². The van der Waals surface area contributed by atoms with Gasteiger partial charge in [0.05, 0.1) is 106 Å². The molecule has 0 N–H and O–H groups in total. The summed E-state index contributed by atoms with van der Waals surface area (Å²) in [5.41, 5.74) is 0.293. The van der Waals surface area contributed by atoms with Gasteiger partial charge >= 0.3 is 11.9 Å². The molecule has 0 spiro atoms. The minimum absolute atomic E-state index is 0.00479. The maximum absolute atomic E-state index is 11.9. The second-order valence-electron chi connectivity index (χ2n) is 8.70. The third-order valence-corrected chi connectivity index (χ3v) is 5.23. The zero-order valence-corrected chi connectivity index (χ0v) is 25.3. The number of benzene rings is 1. The van der Waals surface area contributed by atoms with Crippen LogP contribution in [0.3, 0.4) is 0 Å². The molecule has 0 aliphatic carbocycles. The van der Waals surface area contributed by atoms with E-state index in [1.165, 1.54) is 0 Å². The Hall–Kier alpha value is -2.49. The first-order valence-corrected chi connectivity index (χ1v) is 14.7. The second kappa shape index (κ2) is 29.6. The smallest absolute Gasteiger partial charge is 0.379 e. The van der Waals surface area contributed by atoms with Crippen LogP contribution in [-0.2, 0) is 57.0 Å². The fraction of sp³-hybridized carbons (Fsp3) is 0.700. The molecule has 43 heavy (non-hydrogen) atoms. The Bertz CT molecular complexity index is 807. The summed E-state index contributed by atoms with van der Waals surface area (Å²) in [6, 6.07) is 8.24. The Labute approximate surface area is 254 Å². The highest BCUT2D eigenvalue weighted by Gasteiger charge is 2.17. The van der Waals surface area contributed by atoms with Gasteiger partial charge < -0.3 is 47.4 Å². The molecule has 246 valence electrons. The first-order valence-electron chi connectivity index (χ1n) is 14.7. The molecule has 0 heterocycles. The van der Waals surface area contributed by atoms with E-state index in [0.717, 1.165) is 6.42 Å². The third-order valence-electron chi connectivity index (χ3n) is 5.23. The van der Waals surface area contributed by atoms with E-state index in [-0.39, 0.29) is 25.8 Å². The number of esters is 2. The number of carbonyl (C=O) groups is 3. The van der Waals surface area contributed by atoms with Crippen LogP contribution >= 0.6 is 0 Å². The van der Waals surface area contributed by atoms with Crippen LogP contribution in [0, 0.1) is 0 Å². The highest BCUT2D eigenvalue weighted by atomic mass is 16.6. The van der Waals surface area contributed by atoms with E-state index in [0.29, 0.717) is 111 Å². The Morgan fingerprint density at radius 1 is 0.465 bits per heavy atom. The van der Waals surface area contributed by atoms with Gasteiger partial charge in [-0.3, -0.25) is 9.59 Å². The first kappa shape index (κ1) is 38.5. The zero-order chi connectivity index (χ0) is 31.1. The summed E-state index contributed by atoms with van der Waals surface area (Å²) in [7, 11) is 0. The molecular formula is C30H48O13. The molecule has 0 radical (unpaired) electrons. The van der Waals surface area contributed by atoms with E-state index in [1.807, 2.05) is 6.92 Å². The van der Waals surface area contributed by atoms with Crippen molar-refractivity contribution in [2.24, 2.45) is 0 Å². The fourth-order valence-corrected chi connectivity index (χ4v) is 3.10. The van der Waals surface area contributed by atoms with Gasteiger partial charge in [0.25, 0.3) is 5.78 Å². The Morgan fingerprint density at radius 3 is 1.14 bits per heavy atom. The van der Waals surface area contributed by atoms with E-state index < -0.39 is 11.8 Å². The summed E-state index contributed by atoms with van der Waals surface area (Å²) in [5, 5.41) is 0. The van der Waals surface area contributed by atoms with Crippen molar-refractivity contribution in [3.8, 4) is 0 Å². The minimum atomic E-state index is -0.900. The van der Waals surface area contributed by atoms with Crippen LogP contribution in [0.4, 0.5) is 0 Å². The van der Waals surface area contributed by atoms with Crippen molar-refractivity contribution >= 4 is 17.7 Å². The highest BCUT2D eigenvalue weighted by Crippen LogP contribution is 2.01. The second-order valence-corrected chi connectivity index (χ2v) is 8.70. The average molecular weight is 617 g/mol. The van der Waals surface area contributed by atoms with Crippen molar-refractivity contribution in [2.45, 2.75) is 19.8 Å². The van der Waals surface area contributed by atoms with E-state index in [1.54, 1.807) is 30.3 Å². The molecule has 0 aliphatic rings. The number of ketones is 1. The number of ether oxygens (including phenoxy) is 10. The molecule has 0 fully saturated rings. The summed E-state index contributed by atoms with van der Waals surface area (Å²) in [6.45, 7) is 8.91. The highest BCUT2D eigenvalue weighted by molar-refractivity contribution is 6.40. The molecule has 1 aromatic rings. The van der Waals surface area contributed by atoms with Crippen molar-refractivity contribution in [3.63, 3.8) is 0 Å². The van der Waals surface area contributed by atoms with Gasteiger partial charge in [-0.05, 0) is 6.42 Å². The van der Waals surface area contributed by atoms with Crippen LogP contribution in [0.2, 0.25) is 0 Å². The van der Waals surface area contributed by atoms with Crippen molar-refractivity contribution in [2.75, 3.05) is 119 Å². The average Bonchev–Trinajstić information content (AvgIpc) is 3.02. The maximum atomic E-state index is 11.9. The molecule has 0 saturated carbocycles. The van der Waals surface area contributed by atoms with Gasteiger partial charge in [-0.1, -0.05) is 37.3 Å². The molecule has 0 atom stereocenters. The number of hydrogen-bond acceptors (Lipinski definition) is 13. The Balaban J connectivity index is 1.69. The van der Waals surface area contributed by atoms with Crippen molar-refractivity contribution in [1.82, 2.24) is 0 Å². The molecule has 0 unspecified atom stereocenters. The predicted octanol–water partition coefficient (Wildman–Crippen LogP) is 1.89. The largest absolute Gasteiger partial charge is 0.463 e. The number of hydrogen-bond donors (Lipinski definition) is 0. The molecule has 1 aromatic carbocycles. The number of carbonyl (C=O) groups excluding carboxylic acids is 3. The topological polar surface area (TPSA) is 144 Å². The lowest BCUT2D eigenvalue weighted by Crippen LogP contribution is -2.20. The van der Waals surface area contributed by atoms with Crippen LogP contribution in [0.5, 0.6) is 0 Å². The number of Topliss-reactive ketones (excluding diaryl/α,β-unsaturated/α-hetero) is 1. The predicted molar refractivity (Wildman–Crippen MR) is 154 cm³/mol. The summed E-state index contributed by atoms with van der Waals surface area (Å²) in [4.78, 5) is 34.7. The van der Waals surface area contributed by atoms with E-state index in [2.05, 4.69) is 0 Å². The van der Waals surface area contributed by atoms with E-state index in [4.69, 9.17) is 47.4 Å². The van der Waals surface area contributed by atoms with Gasteiger partial charge in [0, 0.05) is 12.0 Å². The molecule has 0 bridgehead atoms. The van der Waals surface area contributed by atoms with Gasteiger partial charge in [-0.25, -0.2) is 4.79 Å². The lowest BCUT2D eigenvalue weighted by molar-refractivity contribution is -0.145. The molecule has 0 amide bonds. The molecule has 1 rings (SSSR count). The SMILES string of the molecule is CCCC(=O)OCCOCCOCCOCCOCCOCCOCCOCCOCCOC(=O)C(=O)c1ccccc1. The zero-order valence-electron chi connectivity index (χ0n) is 25.3. The van der Waals surface area contributed by atoms with Crippen molar-refractivity contribution < 1.29 is 61.8 Å². The lowest BCUT2D eigenvalue weighted by atomic mass is 10.1. The minimum Gasteiger partial charge on any atom is -0.463 e. The van der Waals surface area contributed by atoms with Crippen LogP contribution in [-0.4, -0.2) is 137 Å². The standard InChI is InChI=1S/C30H48O13/c1-2-6-28(31)42-25-23-40-21-19-38-17-15-36-13-11-34-9-10-35-12-14-37-16-18-39-20-22-41-24-26-43-30(33)29(32)27-7-4-3-5-8-27/h3-5,7-8H,2,6,9-26H2,1H3. The van der Waals surface area contributed by atoms with Gasteiger partial charge in [0.1, 0.15) is 13.2 Å². The first-order chi connectivity index (χ1) is 21.1. The van der Waals surface area contributed by atoms with Crippen molar-refractivity contribution in [1.29, 1.82) is 0 Å². The number of rotatable bonds is 31. The summed E-state index contributed by atoms with van der Waals surface area (Å²) < 4.78 is 53.0. The van der Waals surface area contributed by atoms with Gasteiger partial charge in [0.15, 0.2) is 0 Å². The molecule has 13 nitrogen and oxygen atoms in total. The van der Waals surface area contributed by atoms with Gasteiger partial charge in [-0.2, -0.15) is 0 Å².